The summed E-state index contributed by atoms with van der Waals surface area (Å²) in [5.41, 5.74) is 0.322. The maximum Gasteiger partial charge on any atom is 0.253 e. The second-order valence-corrected chi connectivity index (χ2v) is 2.34. The van der Waals surface area contributed by atoms with Crippen molar-refractivity contribution in [1.29, 1.82) is 0 Å². The molecule has 7 heteroatoms. The molecule has 0 aromatic carbocycles. The molecule has 2 heterocycles. The summed E-state index contributed by atoms with van der Waals surface area (Å²) >= 11 is 0. The van der Waals surface area contributed by atoms with E-state index in [0.717, 1.165) is 6.20 Å². The topological polar surface area (TPSA) is 73.9 Å². The first-order chi connectivity index (χ1) is 6.81. The molecule has 0 aliphatic rings. The lowest BCUT2D eigenvalue weighted by atomic mass is 10.4. The molecule has 0 aliphatic heterocycles. The normalized spacial score (nSPS) is 10.1. The van der Waals surface area contributed by atoms with Crippen LogP contribution in [-0.4, -0.2) is 27.4 Å². The molecule has 0 saturated heterocycles. The van der Waals surface area contributed by atoms with Crippen LogP contribution >= 0.6 is 0 Å². The highest BCUT2D eigenvalue weighted by atomic mass is 19.1. The highest BCUT2D eigenvalue weighted by Gasteiger charge is 2.10. The van der Waals surface area contributed by atoms with Crippen LogP contribution in [0, 0.1) is 5.82 Å². The number of hydrogen-bond donors (Lipinski definition) is 0. The van der Waals surface area contributed by atoms with Gasteiger partial charge in [0, 0.05) is 0 Å². The van der Waals surface area contributed by atoms with Crippen molar-refractivity contribution >= 4 is 0 Å². The predicted octanol–water partition coefficient (Wildman–Crippen LogP) is 0.674. The number of nitrogens with zero attached hydrogens (tertiary/aromatic N) is 4. The highest BCUT2D eigenvalue weighted by Crippen LogP contribution is 2.16. The van der Waals surface area contributed by atoms with Gasteiger partial charge in [0.2, 0.25) is 5.82 Å². The van der Waals surface area contributed by atoms with Crippen LogP contribution in [0.5, 0.6) is 5.88 Å². The first-order valence-corrected chi connectivity index (χ1v) is 3.65. The van der Waals surface area contributed by atoms with Crippen LogP contribution in [-0.2, 0) is 0 Å². The number of aromatic nitrogens is 4. The van der Waals surface area contributed by atoms with Gasteiger partial charge >= 0.3 is 0 Å². The quantitative estimate of drug-likeness (QED) is 0.702. The Hall–Kier alpha value is -2.05. The third kappa shape index (κ3) is 1.39. The van der Waals surface area contributed by atoms with Gasteiger partial charge in [-0.15, -0.1) is 0 Å². The lowest BCUT2D eigenvalue weighted by Gasteiger charge is -2.00. The van der Waals surface area contributed by atoms with Gasteiger partial charge in [0.05, 0.1) is 13.3 Å². The van der Waals surface area contributed by atoms with Gasteiger partial charge in [-0.2, -0.15) is 9.37 Å². The fourth-order valence-electron chi connectivity index (χ4n) is 0.881. The minimum atomic E-state index is -0.632. The van der Waals surface area contributed by atoms with Crippen LogP contribution < -0.4 is 4.74 Å². The zero-order chi connectivity index (χ0) is 9.97. The van der Waals surface area contributed by atoms with Crippen LogP contribution in [0.1, 0.15) is 0 Å². The van der Waals surface area contributed by atoms with Crippen LogP contribution in [0.15, 0.2) is 17.0 Å². The SMILES string of the molecule is COc1nc(-c2cnon2)ncc1F. The molecule has 72 valence electrons. The summed E-state index contributed by atoms with van der Waals surface area (Å²) in [7, 11) is 1.32. The number of methoxy groups -OCH3 is 1. The molecular weight excluding hydrogens is 191 g/mol. The fraction of sp³-hybridized carbons (Fsp3) is 0.143. The van der Waals surface area contributed by atoms with Crippen molar-refractivity contribution in [1.82, 2.24) is 20.3 Å². The Bertz CT molecular complexity index is 431. The zero-order valence-corrected chi connectivity index (χ0v) is 7.14. The predicted molar refractivity (Wildman–Crippen MR) is 41.8 cm³/mol. The average Bonchev–Trinajstić information content (AvgIpc) is 2.71. The molecule has 0 amide bonds. The van der Waals surface area contributed by atoms with Crippen LogP contribution in [0.25, 0.3) is 11.5 Å². The number of hydrogen-bond acceptors (Lipinski definition) is 6. The molecule has 14 heavy (non-hydrogen) atoms. The van der Waals surface area contributed by atoms with E-state index < -0.39 is 5.82 Å². The van der Waals surface area contributed by atoms with Crippen molar-refractivity contribution in [2.75, 3.05) is 7.11 Å². The van der Waals surface area contributed by atoms with Gasteiger partial charge in [-0.25, -0.2) is 9.61 Å². The van der Waals surface area contributed by atoms with Gasteiger partial charge in [-0.3, -0.25) is 0 Å². The molecule has 0 spiro atoms. The summed E-state index contributed by atoms with van der Waals surface area (Å²) in [6.45, 7) is 0. The Balaban J connectivity index is 2.46. The van der Waals surface area contributed by atoms with E-state index in [0.29, 0.717) is 5.69 Å². The molecule has 2 aromatic heterocycles. The van der Waals surface area contributed by atoms with E-state index in [1.165, 1.54) is 13.3 Å². The van der Waals surface area contributed by atoms with Gasteiger partial charge < -0.3 is 4.74 Å². The largest absolute Gasteiger partial charge is 0.479 e. The molecule has 2 aromatic rings. The van der Waals surface area contributed by atoms with E-state index in [2.05, 4.69) is 29.6 Å². The molecule has 0 fully saturated rings. The average molecular weight is 196 g/mol. The molecule has 0 aliphatic carbocycles. The van der Waals surface area contributed by atoms with Crippen molar-refractivity contribution < 1.29 is 13.8 Å². The third-order valence-electron chi connectivity index (χ3n) is 1.50. The highest BCUT2D eigenvalue weighted by molar-refractivity contribution is 5.46. The zero-order valence-electron chi connectivity index (χ0n) is 7.14. The second kappa shape index (κ2) is 3.36. The van der Waals surface area contributed by atoms with Crippen molar-refractivity contribution in [2.24, 2.45) is 0 Å². The first-order valence-electron chi connectivity index (χ1n) is 3.65. The van der Waals surface area contributed by atoms with Gasteiger partial charge in [0.1, 0.15) is 6.20 Å². The molecular formula is C7H5FN4O2. The van der Waals surface area contributed by atoms with E-state index >= 15 is 0 Å². The van der Waals surface area contributed by atoms with E-state index in [1.807, 2.05) is 0 Å². The summed E-state index contributed by atoms with van der Waals surface area (Å²) < 4.78 is 21.9. The van der Waals surface area contributed by atoms with Crippen LogP contribution in [0.3, 0.4) is 0 Å². The molecule has 0 N–H and O–H groups in total. The van der Waals surface area contributed by atoms with Crippen molar-refractivity contribution in [2.45, 2.75) is 0 Å². The van der Waals surface area contributed by atoms with Gasteiger partial charge in [0.15, 0.2) is 11.5 Å². The monoisotopic (exact) mass is 196 g/mol. The summed E-state index contributed by atoms with van der Waals surface area (Å²) in [5, 5.41) is 6.88. The second-order valence-electron chi connectivity index (χ2n) is 2.34. The number of rotatable bonds is 2. The minimum Gasteiger partial charge on any atom is -0.479 e. The molecule has 0 radical (unpaired) electrons. The van der Waals surface area contributed by atoms with Crippen LogP contribution in [0.4, 0.5) is 4.39 Å². The fourth-order valence-corrected chi connectivity index (χ4v) is 0.881. The molecule has 0 saturated carbocycles. The van der Waals surface area contributed by atoms with E-state index in [-0.39, 0.29) is 11.7 Å². The maximum absolute atomic E-state index is 12.9. The van der Waals surface area contributed by atoms with Gasteiger partial charge in [-0.1, -0.05) is 5.16 Å². The van der Waals surface area contributed by atoms with E-state index in [1.54, 1.807) is 0 Å². The first kappa shape index (κ1) is 8.54. The van der Waals surface area contributed by atoms with Crippen LogP contribution in [0.2, 0.25) is 0 Å². The maximum atomic E-state index is 12.9. The smallest absolute Gasteiger partial charge is 0.253 e. The lowest BCUT2D eigenvalue weighted by molar-refractivity contribution is 0.308. The van der Waals surface area contributed by atoms with Crippen molar-refractivity contribution in [3.63, 3.8) is 0 Å². The third-order valence-corrected chi connectivity index (χ3v) is 1.50. The molecule has 2 rings (SSSR count). The van der Waals surface area contributed by atoms with E-state index in [9.17, 15) is 4.39 Å². The number of halogens is 1. The summed E-state index contributed by atoms with van der Waals surface area (Å²) in [4.78, 5) is 7.46. The summed E-state index contributed by atoms with van der Waals surface area (Å²) in [5.74, 6) is -0.574. The summed E-state index contributed by atoms with van der Waals surface area (Å²) in [6.07, 6.45) is 2.32. The van der Waals surface area contributed by atoms with Gasteiger partial charge in [-0.05, 0) is 5.16 Å². The molecule has 0 bridgehead atoms. The minimum absolute atomic E-state index is 0.141. The Morgan fingerprint density at radius 2 is 2.29 bits per heavy atom. The lowest BCUT2D eigenvalue weighted by Crippen LogP contribution is -1.96. The van der Waals surface area contributed by atoms with Crippen molar-refractivity contribution in [3.8, 4) is 17.4 Å². The summed E-state index contributed by atoms with van der Waals surface area (Å²) in [6, 6.07) is 0. The van der Waals surface area contributed by atoms with Gasteiger partial charge in [0.25, 0.3) is 5.88 Å². The Kier molecular flexibility index (Phi) is 2.05. The Morgan fingerprint density at radius 1 is 1.43 bits per heavy atom. The Labute approximate surface area is 77.7 Å². The van der Waals surface area contributed by atoms with Crippen molar-refractivity contribution in [3.05, 3.63) is 18.2 Å². The molecule has 0 unspecified atom stereocenters. The van der Waals surface area contributed by atoms with E-state index in [4.69, 9.17) is 0 Å². The number of ether oxygens (including phenoxy) is 1. The molecule has 6 nitrogen and oxygen atoms in total. The standard InChI is InChI=1S/C7H5FN4O2/c1-13-7-4(8)2-9-6(11-7)5-3-10-14-12-5/h2-3H,1H3. The Morgan fingerprint density at radius 3 is 2.93 bits per heavy atom. The molecule has 0 atom stereocenters.